The third kappa shape index (κ3) is 3.71. The Hall–Kier alpha value is -2.66. The summed E-state index contributed by atoms with van der Waals surface area (Å²) in [6.07, 6.45) is -0.403. The highest BCUT2D eigenvalue weighted by Crippen LogP contribution is 2.16. The van der Waals surface area contributed by atoms with Gasteiger partial charge >= 0.3 is 6.09 Å². The Bertz CT molecular complexity index is 629. The standard InChI is InChI=1S/C17H18N2O3/c1-22-17(21)19(14-10-6-3-7-11-14)16(20)15(18)12-13-8-4-2-5-9-13/h2-11,15H,12,18H2,1H3/t15-/m0/s1. The molecule has 0 bridgehead atoms. The number of hydrogen-bond donors (Lipinski definition) is 1. The molecule has 2 aromatic rings. The van der Waals surface area contributed by atoms with E-state index >= 15 is 0 Å². The van der Waals surface area contributed by atoms with Crippen molar-refractivity contribution in [3.05, 3.63) is 66.2 Å². The molecule has 2 rings (SSSR count). The van der Waals surface area contributed by atoms with Crippen molar-refractivity contribution in [1.82, 2.24) is 0 Å². The fourth-order valence-corrected chi connectivity index (χ4v) is 2.11. The van der Waals surface area contributed by atoms with Crippen LogP contribution >= 0.6 is 0 Å². The summed E-state index contributed by atoms with van der Waals surface area (Å²) in [6.45, 7) is 0. The molecule has 114 valence electrons. The van der Waals surface area contributed by atoms with Crippen LogP contribution in [0.5, 0.6) is 0 Å². The van der Waals surface area contributed by atoms with Gasteiger partial charge < -0.3 is 10.5 Å². The molecular weight excluding hydrogens is 280 g/mol. The molecule has 0 fully saturated rings. The molecule has 0 aliphatic carbocycles. The van der Waals surface area contributed by atoms with Gasteiger partial charge in [0.25, 0.3) is 5.91 Å². The normalized spacial score (nSPS) is 11.5. The molecule has 5 heteroatoms. The number of nitrogens with two attached hydrogens (primary N) is 1. The zero-order valence-corrected chi connectivity index (χ0v) is 12.3. The molecule has 0 radical (unpaired) electrons. The van der Waals surface area contributed by atoms with Gasteiger partial charge in [0.05, 0.1) is 18.8 Å². The number of hydrogen-bond acceptors (Lipinski definition) is 4. The number of anilines is 1. The first kappa shape index (κ1) is 15.7. The molecule has 5 nitrogen and oxygen atoms in total. The molecule has 0 unspecified atom stereocenters. The smallest absolute Gasteiger partial charge is 0.420 e. The number of carbonyl (C=O) groups excluding carboxylic acids is 2. The molecule has 0 aliphatic heterocycles. The number of amides is 2. The lowest BCUT2D eigenvalue weighted by atomic mass is 10.1. The minimum Gasteiger partial charge on any atom is -0.452 e. The van der Waals surface area contributed by atoms with Gasteiger partial charge in [0, 0.05) is 0 Å². The first-order valence-corrected chi connectivity index (χ1v) is 6.90. The van der Waals surface area contributed by atoms with Gasteiger partial charge in [0.2, 0.25) is 0 Å². The van der Waals surface area contributed by atoms with E-state index in [-0.39, 0.29) is 0 Å². The predicted octanol–water partition coefficient (Wildman–Crippen LogP) is 2.36. The molecule has 2 N–H and O–H groups in total. The first-order chi connectivity index (χ1) is 10.6. The Morgan fingerprint density at radius 2 is 1.59 bits per heavy atom. The first-order valence-electron chi connectivity index (χ1n) is 6.90. The van der Waals surface area contributed by atoms with Crippen LogP contribution in [-0.4, -0.2) is 25.2 Å². The van der Waals surface area contributed by atoms with Crippen molar-refractivity contribution in [2.45, 2.75) is 12.5 Å². The van der Waals surface area contributed by atoms with Crippen molar-refractivity contribution in [3.63, 3.8) is 0 Å². The van der Waals surface area contributed by atoms with Crippen LogP contribution in [-0.2, 0) is 16.0 Å². The zero-order valence-electron chi connectivity index (χ0n) is 12.3. The lowest BCUT2D eigenvalue weighted by Crippen LogP contribution is -2.48. The number of rotatable bonds is 4. The average molecular weight is 298 g/mol. The van der Waals surface area contributed by atoms with Crippen molar-refractivity contribution < 1.29 is 14.3 Å². The molecule has 0 spiro atoms. The van der Waals surface area contributed by atoms with Gasteiger partial charge in [-0.1, -0.05) is 48.5 Å². The van der Waals surface area contributed by atoms with E-state index in [2.05, 4.69) is 0 Å². The number of benzene rings is 2. The van der Waals surface area contributed by atoms with Gasteiger partial charge in [-0.25, -0.2) is 9.69 Å². The highest BCUT2D eigenvalue weighted by atomic mass is 16.5. The fraction of sp³-hybridized carbons (Fsp3) is 0.176. The molecule has 2 amide bonds. The minimum absolute atomic E-state index is 0.347. The van der Waals surface area contributed by atoms with E-state index in [1.165, 1.54) is 7.11 Å². The van der Waals surface area contributed by atoms with Crippen molar-refractivity contribution in [1.29, 1.82) is 0 Å². The number of nitrogens with zero attached hydrogens (tertiary/aromatic N) is 1. The summed E-state index contributed by atoms with van der Waals surface area (Å²) >= 11 is 0. The van der Waals surface area contributed by atoms with Gasteiger partial charge in [0.15, 0.2) is 0 Å². The van der Waals surface area contributed by atoms with Crippen LogP contribution < -0.4 is 10.6 Å². The van der Waals surface area contributed by atoms with E-state index in [1.54, 1.807) is 30.3 Å². The number of methoxy groups -OCH3 is 1. The maximum atomic E-state index is 12.5. The topological polar surface area (TPSA) is 72.6 Å². The van der Waals surface area contributed by atoms with Gasteiger partial charge in [-0.2, -0.15) is 0 Å². The third-order valence-corrected chi connectivity index (χ3v) is 3.21. The molecule has 0 aromatic heterocycles. The summed E-state index contributed by atoms with van der Waals surface area (Å²) < 4.78 is 4.70. The Labute approximate surface area is 129 Å². The van der Waals surface area contributed by atoms with E-state index in [0.717, 1.165) is 10.5 Å². The molecule has 22 heavy (non-hydrogen) atoms. The quantitative estimate of drug-likeness (QED) is 0.940. The lowest BCUT2D eigenvalue weighted by molar-refractivity contribution is -0.119. The average Bonchev–Trinajstić information content (AvgIpc) is 2.56. The number of carbonyl (C=O) groups is 2. The van der Waals surface area contributed by atoms with Crippen molar-refractivity contribution in [2.75, 3.05) is 12.0 Å². The van der Waals surface area contributed by atoms with Gasteiger partial charge in [-0.3, -0.25) is 4.79 Å². The summed E-state index contributed by atoms with van der Waals surface area (Å²) in [7, 11) is 1.23. The van der Waals surface area contributed by atoms with Crippen LogP contribution in [0.1, 0.15) is 5.56 Å². The largest absolute Gasteiger partial charge is 0.452 e. The minimum atomic E-state index is -0.832. The summed E-state index contributed by atoms with van der Waals surface area (Å²) in [4.78, 5) is 25.5. The predicted molar refractivity (Wildman–Crippen MR) is 84.5 cm³/mol. The highest BCUT2D eigenvalue weighted by Gasteiger charge is 2.28. The summed E-state index contributed by atoms with van der Waals surface area (Å²) in [5.74, 6) is -0.498. The maximum Gasteiger partial charge on any atom is 0.420 e. The van der Waals surface area contributed by atoms with Crippen molar-refractivity contribution in [3.8, 4) is 0 Å². The Morgan fingerprint density at radius 1 is 1.05 bits per heavy atom. The molecule has 0 heterocycles. The second-order valence-corrected chi connectivity index (χ2v) is 4.78. The van der Waals surface area contributed by atoms with E-state index < -0.39 is 18.0 Å². The molecule has 1 atom stereocenters. The van der Waals surface area contributed by atoms with Crippen molar-refractivity contribution in [2.24, 2.45) is 5.73 Å². The van der Waals surface area contributed by atoms with Gasteiger partial charge in [0.1, 0.15) is 0 Å². The summed E-state index contributed by atoms with van der Waals surface area (Å²) in [6, 6.07) is 17.2. The summed E-state index contributed by atoms with van der Waals surface area (Å²) in [5, 5.41) is 0. The van der Waals surface area contributed by atoms with Crippen LogP contribution in [0.4, 0.5) is 10.5 Å². The van der Waals surface area contributed by atoms with E-state index in [4.69, 9.17) is 10.5 Å². The van der Waals surface area contributed by atoms with E-state index in [9.17, 15) is 9.59 Å². The molecule has 0 saturated heterocycles. The molecule has 0 aliphatic rings. The van der Waals surface area contributed by atoms with Crippen LogP contribution in [0.3, 0.4) is 0 Å². The maximum absolute atomic E-state index is 12.5. The molecule has 2 aromatic carbocycles. The van der Waals surface area contributed by atoms with E-state index in [0.29, 0.717) is 12.1 Å². The Morgan fingerprint density at radius 3 is 2.14 bits per heavy atom. The van der Waals surface area contributed by atoms with Crippen LogP contribution in [0.25, 0.3) is 0 Å². The second kappa shape index (κ2) is 7.38. The van der Waals surface area contributed by atoms with Crippen molar-refractivity contribution >= 4 is 17.7 Å². The summed E-state index contributed by atoms with van der Waals surface area (Å²) in [5.41, 5.74) is 7.35. The lowest BCUT2D eigenvalue weighted by Gasteiger charge is -2.22. The number of ether oxygens (including phenoxy) is 1. The SMILES string of the molecule is COC(=O)N(C(=O)[C@@H](N)Cc1ccccc1)c1ccccc1. The molecular formula is C17H18N2O3. The Balaban J connectivity index is 2.20. The highest BCUT2D eigenvalue weighted by molar-refractivity contribution is 6.14. The monoisotopic (exact) mass is 298 g/mol. The van der Waals surface area contributed by atoms with Crippen LogP contribution in [0, 0.1) is 0 Å². The van der Waals surface area contributed by atoms with Gasteiger partial charge in [-0.15, -0.1) is 0 Å². The number of para-hydroxylation sites is 1. The second-order valence-electron chi connectivity index (χ2n) is 4.78. The van der Waals surface area contributed by atoms with Crippen LogP contribution in [0.2, 0.25) is 0 Å². The fourth-order valence-electron chi connectivity index (χ4n) is 2.11. The van der Waals surface area contributed by atoms with E-state index in [1.807, 2.05) is 30.3 Å². The Kier molecular flexibility index (Phi) is 5.27. The third-order valence-electron chi connectivity index (χ3n) is 3.21. The van der Waals surface area contributed by atoms with Crippen LogP contribution in [0.15, 0.2) is 60.7 Å². The zero-order chi connectivity index (χ0) is 15.9. The number of imide groups is 1. The molecule has 0 saturated carbocycles. The van der Waals surface area contributed by atoms with Gasteiger partial charge in [-0.05, 0) is 24.1 Å².